The molecule has 3 radical (unpaired) electrons. The van der Waals surface area contributed by atoms with Gasteiger partial charge >= 0.3 is 35.8 Å². The summed E-state index contributed by atoms with van der Waals surface area (Å²) in [5.74, 6) is -8.31. The Bertz CT molecular complexity index is 2570. The predicted octanol–water partition coefficient (Wildman–Crippen LogP) is -2.59. The van der Waals surface area contributed by atoms with Gasteiger partial charge in [0.2, 0.25) is 53.2 Å². The second-order valence-corrected chi connectivity index (χ2v) is 24.1. The SMILES string of the molecule is COC(=O)C(C)NC(=O)C(C)NC(=O)C(C)S.COC(=O)C(C)NC(=O)C(C)NC(=O)C(C)SC.CSC(C)C(=O)NC(C)C(=O)NC(C)C(=O)O.C[CH-]C(=O)NC(C)C(=O)NC(C)C(=O)OC.C[CH-]C(=O)NC(C)C(=O)NC(C)C(=O)OC.C[CH-]C(=O)NC(C)C(=O)NC(C)C(=O)OC.[Y].[Y].[Y]. The van der Waals surface area contributed by atoms with Crippen LogP contribution in [-0.2, 0) is 208 Å². The monoisotopic (exact) mass is 1750 g/mol. The van der Waals surface area contributed by atoms with E-state index in [0.717, 1.165) is 0 Å². The Balaban J connectivity index is -0.000000146. The molecule has 0 rings (SSSR count). The molecule has 15 unspecified atom stereocenters. The second kappa shape index (κ2) is 65.9. The third-order valence-electron chi connectivity index (χ3n) is 12.4. The van der Waals surface area contributed by atoms with Crippen molar-refractivity contribution in [1.82, 2.24) is 63.8 Å². The van der Waals surface area contributed by atoms with E-state index in [1.165, 1.54) is 154 Å². The minimum Gasteiger partial charge on any atom is -0.480 e. The molecule has 103 heavy (non-hydrogen) atoms. The molecular formula is C61H107N12O24S3Y3-3. The van der Waals surface area contributed by atoms with Crippen molar-refractivity contribution in [2.75, 3.05) is 48.1 Å². The van der Waals surface area contributed by atoms with Crippen molar-refractivity contribution in [3.63, 3.8) is 0 Å². The summed E-state index contributed by atoms with van der Waals surface area (Å²) in [5, 5.41) is 36.9. The summed E-state index contributed by atoms with van der Waals surface area (Å²) in [6.45, 7) is 27.8. The number of thiol groups is 1. The van der Waals surface area contributed by atoms with Gasteiger partial charge in [-0.1, -0.05) is 0 Å². The van der Waals surface area contributed by atoms with Crippen LogP contribution in [0.15, 0.2) is 0 Å². The Hall–Kier alpha value is -5.57. The van der Waals surface area contributed by atoms with Gasteiger partial charge in [-0.2, -0.15) is 56.9 Å². The molecule has 0 aliphatic heterocycles. The molecule has 0 saturated heterocycles. The molecule has 0 aromatic rings. The number of thioether (sulfide) groups is 2. The number of hydrogen-bond acceptors (Lipinski definition) is 26. The predicted molar refractivity (Wildman–Crippen MR) is 373 cm³/mol. The van der Waals surface area contributed by atoms with Crippen LogP contribution in [0.2, 0.25) is 0 Å². The molecule has 0 saturated carbocycles. The van der Waals surface area contributed by atoms with Crippen molar-refractivity contribution in [2.24, 2.45) is 0 Å². The van der Waals surface area contributed by atoms with Crippen molar-refractivity contribution in [3.05, 3.63) is 19.3 Å². The first-order chi connectivity index (χ1) is 46.2. The summed E-state index contributed by atoms with van der Waals surface area (Å²) < 4.78 is 22.3. The Morgan fingerprint density at radius 2 is 0.437 bits per heavy atom. The number of methoxy groups -OCH3 is 5. The maximum Gasteiger partial charge on any atom is 0.328 e. The standard InChI is InChI=1S/C11H20N2O4S.2C10H18N2O4S.3C10H17N2O4.3Y/c1-6(12-10(15)8(3)18-5)9(14)13-7(2)11(16)17-4;1-5(11-9(14)7(3)17-4)8(13)12-6(2)10(15)16;1-5(11-9(14)7(3)17)8(13)12-6(2)10(15)16-4;3*1-5-8(13)11-6(2)9(14)12-7(3)10(15)16-4;;;/h6-8H,1-5H3,(H,12,15)(H,13,14);5-7H,1-4H3,(H,11,14)(H,12,13)(H,15,16);5-7,17H,1-4H3,(H,11,14)(H,12,13);3*5-7H,1-4H3,(H,11,13)(H,12,14);;;/q;;;3*-1;;;. The first kappa shape index (κ1) is 116. The van der Waals surface area contributed by atoms with Gasteiger partial charge in [0.25, 0.3) is 0 Å². The van der Waals surface area contributed by atoms with Gasteiger partial charge in [-0.25, -0.2) is 24.0 Å². The summed E-state index contributed by atoms with van der Waals surface area (Å²) in [6, 6.07) is -8.93. The average Bonchev–Trinajstić information content (AvgIpc) is 0.953. The quantitative estimate of drug-likeness (QED) is 0.0142. The average molecular weight is 1760 g/mol. The van der Waals surface area contributed by atoms with Crippen LogP contribution in [0.5, 0.6) is 0 Å². The van der Waals surface area contributed by atoms with E-state index < -0.39 is 149 Å². The van der Waals surface area contributed by atoms with E-state index in [0.29, 0.717) is 0 Å². The van der Waals surface area contributed by atoms with E-state index in [-0.39, 0.29) is 144 Å². The summed E-state index contributed by atoms with van der Waals surface area (Å²) >= 11 is 6.69. The smallest absolute Gasteiger partial charge is 0.328 e. The van der Waals surface area contributed by atoms with Gasteiger partial charge in [0, 0.05) is 98.1 Å². The number of carbonyl (C=O) groups is 18. The van der Waals surface area contributed by atoms with Crippen molar-refractivity contribution in [1.29, 1.82) is 0 Å². The largest absolute Gasteiger partial charge is 0.480 e. The molecule has 42 heteroatoms. The summed E-state index contributed by atoms with van der Waals surface area (Å²) in [5.41, 5.74) is 0. The summed E-state index contributed by atoms with van der Waals surface area (Å²) in [4.78, 5) is 202. The van der Waals surface area contributed by atoms with Crippen LogP contribution < -0.4 is 63.8 Å². The fourth-order valence-corrected chi connectivity index (χ4v) is 6.40. The van der Waals surface area contributed by atoms with Gasteiger partial charge in [-0.3, -0.25) is 47.9 Å². The summed E-state index contributed by atoms with van der Waals surface area (Å²) in [6.07, 6.45) is 7.55. The van der Waals surface area contributed by atoms with Gasteiger partial charge in [-0.05, 0) is 116 Å². The molecule has 13 N–H and O–H groups in total. The van der Waals surface area contributed by atoms with Crippen molar-refractivity contribution >= 4 is 143 Å². The minimum atomic E-state index is -1.12. The number of carboxylic acid groups (broad SMARTS) is 1. The number of carboxylic acids is 1. The number of ether oxygens (including phenoxy) is 5. The maximum atomic E-state index is 11.7. The van der Waals surface area contributed by atoms with Crippen LogP contribution in [0.25, 0.3) is 0 Å². The molecule has 36 nitrogen and oxygen atoms in total. The van der Waals surface area contributed by atoms with Gasteiger partial charge in [0.1, 0.15) is 72.5 Å². The molecule has 0 heterocycles. The van der Waals surface area contributed by atoms with E-state index >= 15 is 0 Å². The van der Waals surface area contributed by atoms with Crippen LogP contribution in [0, 0.1) is 19.3 Å². The first-order valence-electron chi connectivity index (χ1n) is 30.6. The van der Waals surface area contributed by atoms with Crippen LogP contribution in [0.1, 0.15) is 125 Å². The summed E-state index contributed by atoms with van der Waals surface area (Å²) in [7, 11) is 6.20. The molecule has 0 aliphatic carbocycles. The minimum absolute atomic E-state index is 0. The van der Waals surface area contributed by atoms with Crippen LogP contribution in [-0.4, -0.2) is 248 Å². The number of carbonyl (C=O) groups excluding carboxylic acids is 17. The van der Waals surface area contributed by atoms with Crippen molar-refractivity contribution in [2.45, 2.75) is 213 Å². The molecule has 0 bridgehead atoms. The van der Waals surface area contributed by atoms with Crippen molar-refractivity contribution < 1.29 is 213 Å². The molecule has 0 aromatic carbocycles. The molecule has 0 aromatic heterocycles. The van der Waals surface area contributed by atoms with Gasteiger partial charge in [-0.15, -0.1) is 0 Å². The number of rotatable bonds is 32. The second-order valence-electron chi connectivity index (χ2n) is 21.0. The number of hydrogen-bond donors (Lipinski definition) is 14. The van der Waals surface area contributed by atoms with Gasteiger partial charge in [0.05, 0.1) is 69.0 Å². The first-order valence-corrected chi connectivity index (χ1v) is 33.7. The third-order valence-corrected chi connectivity index (χ3v) is 14.5. The maximum absolute atomic E-state index is 11.7. The number of amides is 12. The zero-order chi connectivity index (χ0) is 79.6. The van der Waals surface area contributed by atoms with Gasteiger partial charge in [0.15, 0.2) is 0 Å². The Morgan fingerprint density at radius 3 is 0.583 bits per heavy atom. The van der Waals surface area contributed by atoms with Gasteiger partial charge < -0.3 is 126 Å². The molecule has 0 aliphatic rings. The molecule has 0 fully saturated rings. The van der Waals surface area contributed by atoms with E-state index in [1.54, 1.807) is 54.7 Å². The fraction of sp³-hybridized carbons (Fsp3) is 0.656. The number of esters is 5. The fourth-order valence-electron chi connectivity index (χ4n) is 5.76. The number of nitrogens with one attached hydrogen (secondary N) is 12. The molecule has 0 spiro atoms. The van der Waals surface area contributed by atoms with E-state index in [4.69, 9.17) is 5.11 Å². The van der Waals surface area contributed by atoms with E-state index in [1.807, 2.05) is 6.26 Å². The van der Waals surface area contributed by atoms with Crippen molar-refractivity contribution in [3.8, 4) is 0 Å². The van der Waals surface area contributed by atoms with E-state index in [9.17, 15) is 86.3 Å². The Kier molecular flexibility index (Phi) is 74.1. The molecule has 585 valence electrons. The van der Waals surface area contributed by atoms with Crippen LogP contribution >= 0.6 is 36.2 Å². The van der Waals surface area contributed by atoms with E-state index in [2.05, 4.69) is 100 Å². The molecule has 15 atom stereocenters. The third kappa shape index (κ3) is 57.4. The topological polar surface area (TPSA) is 518 Å². The Morgan fingerprint density at radius 1 is 0.282 bits per heavy atom. The van der Waals surface area contributed by atoms with Crippen LogP contribution in [0.3, 0.4) is 0 Å². The van der Waals surface area contributed by atoms with Crippen LogP contribution in [0.4, 0.5) is 0 Å². The normalized spacial score (nSPS) is 13.9. The zero-order valence-corrected chi connectivity index (χ0v) is 74.3. The molecule has 12 amide bonds. The Labute approximate surface area is 693 Å². The zero-order valence-electron chi connectivity index (χ0n) is 63.2. The molecular weight excluding hydrogens is 1650 g/mol. The number of aliphatic carboxylic acids is 1.